The van der Waals surface area contributed by atoms with Gasteiger partial charge in [0.1, 0.15) is 5.75 Å². The highest BCUT2D eigenvalue weighted by atomic mass is 32.2. The molecule has 3 nitrogen and oxygen atoms in total. The quantitative estimate of drug-likeness (QED) is 0.940. The van der Waals surface area contributed by atoms with Crippen LogP contribution in [0.5, 0.6) is 5.75 Å². The van der Waals surface area contributed by atoms with E-state index in [0.717, 1.165) is 17.9 Å². The monoisotopic (exact) mass is 299 g/mol. The molecule has 21 heavy (non-hydrogen) atoms. The van der Waals surface area contributed by atoms with E-state index in [9.17, 15) is 4.79 Å². The summed E-state index contributed by atoms with van der Waals surface area (Å²) in [6, 6.07) is 13.8. The van der Waals surface area contributed by atoms with E-state index >= 15 is 0 Å². The third-order valence-electron chi connectivity index (χ3n) is 3.55. The third kappa shape index (κ3) is 3.05. The highest BCUT2D eigenvalue weighted by molar-refractivity contribution is 8.01. The summed E-state index contributed by atoms with van der Waals surface area (Å²) in [5.74, 6) is 0.838. The number of anilines is 1. The molecule has 0 bridgehead atoms. The minimum absolute atomic E-state index is 0.0519. The molecule has 4 heteroatoms. The van der Waals surface area contributed by atoms with Crippen LogP contribution in [-0.2, 0) is 11.2 Å². The summed E-state index contributed by atoms with van der Waals surface area (Å²) in [7, 11) is 1.63. The lowest BCUT2D eigenvalue weighted by Crippen LogP contribution is -2.24. The first-order valence-corrected chi connectivity index (χ1v) is 7.75. The maximum absolute atomic E-state index is 12.4. The first-order valence-electron chi connectivity index (χ1n) is 6.87. The van der Waals surface area contributed by atoms with Gasteiger partial charge in [-0.25, -0.2) is 0 Å². The average Bonchev–Trinajstić information content (AvgIpc) is 2.91. The van der Waals surface area contributed by atoms with E-state index in [0.29, 0.717) is 0 Å². The second-order valence-electron chi connectivity index (χ2n) is 5.14. The predicted octanol–water partition coefficient (Wildman–Crippen LogP) is 3.66. The number of hydrogen-bond acceptors (Lipinski definition) is 3. The van der Waals surface area contributed by atoms with E-state index in [-0.39, 0.29) is 11.2 Å². The van der Waals surface area contributed by atoms with Crippen molar-refractivity contribution < 1.29 is 9.53 Å². The van der Waals surface area contributed by atoms with Crippen LogP contribution in [-0.4, -0.2) is 18.3 Å². The molecule has 1 aliphatic heterocycles. The van der Waals surface area contributed by atoms with Gasteiger partial charge in [0.25, 0.3) is 0 Å². The van der Waals surface area contributed by atoms with Crippen molar-refractivity contribution in [2.24, 2.45) is 0 Å². The molecule has 3 rings (SSSR count). The van der Waals surface area contributed by atoms with E-state index in [1.165, 1.54) is 16.0 Å². The van der Waals surface area contributed by atoms with Gasteiger partial charge in [0.15, 0.2) is 0 Å². The van der Waals surface area contributed by atoms with E-state index in [2.05, 4.69) is 30.4 Å². The number of methoxy groups -OCH3 is 1. The summed E-state index contributed by atoms with van der Waals surface area (Å²) < 4.78 is 5.11. The third-order valence-corrected chi connectivity index (χ3v) is 4.85. The Hall–Kier alpha value is -1.94. The summed E-state index contributed by atoms with van der Waals surface area (Å²) in [4.78, 5) is 13.6. The highest BCUT2D eigenvalue weighted by Crippen LogP contribution is 2.38. The lowest BCUT2D eigenvalue weighted by atomic mass is 10.1. The molecule has 0 aliphatic carbocycles. The summed E-state index contributed by atoms with van der Waals surface area (Å²) in [6.45, 7) is 2.07. The molecule has 1 N–H and O–H groups in total. The van der Waals surface area contributed by atoms with Crippen LogP contribution in [0, 0.1) is 6.92 Å². The Morgan fingerprint density at radius 3 is 2.71 bits per heavy atom. The van der Waals surface area contributed by atoms with Crippen molar-refractivity contribution in [3.8, 4) is 5.75 Å². The van der Waals surface area contributed by atoms with Crippen LogP contribution < -0.4 is 10.1 Å². The SMILES string of the molecule is COc1ccc(NC(=O)C2Cc3ccc(C)cc3S2)cc1. The minimum atomic E-state index is -0.0519. The topological polar surface area (TPSA) is 38.3 Å². The number of thioether (sulfide) groups is 1. The number of benzene rings is 2. The number of carbonyl (C=O) groups excluding carboxylic acids is 1. The molecule has 0 fully saturated rings. The molecular formula is C17H17NO2S. The average molecular weight is 299 g/mol. The second kappa shape index (κ2) is 5.82. The number of nitrogens with one attached hydrogen (secondary N) is 1. The molecule has 1 amide bonds. The van der Waals surface area contributed by atoms with Gasteiger partial charge in [-0.2, -0.15) is 0 Å². The van der Waals surface area contributed by atoms with Gasteiger partial charge in [-0.1, -0.05) is 17.7 Å². The van der Waals surface area contributed by atoms with Crippen LogP contribution in [0.1, 0.15) is 11.1 Å². The Labute approximate surface area is 128 Å². The summed E-state index contributed by atoms with van der Waals surface area (Å²) in [6.07, 6.45) is 0.794. The van der Waals surface area contributed by atoms with E-state index < -0.39 is 0 Å². The van der Waals surface area contributed by atoms with E-state index in [4.69, 9.17) is 4.74 Å². The van der Waals surface area contributed by atoms with Gasteiger partial charge in [0, 0.05) is 10.6 Å². The van der Waals surface area contributed by atoms with Crippen molar-refractivity contribution in [2.45, 2.75) is 23.5 Å². The summed E-state index contributed by atoms with van der Waals surface area (Å²) in [5, 5.41) is 2.92. The summed E-state index contributed by atoms with van der Waals surface area (Å²) >= 11 is 1.65. The fourth-order valence-corrected chi connectivity index (χ4v) is 3.67. The van der Waals surface area contributed by atoms with Crippen LogP contribution in [0.2, 0.25) is 0 Å². The molecular weight excluding hydrogens is 282 g/mol. The Morgan fingerprint density at radius 2 is 2.00 bits per heavy atom. The standard InChI is InChI=1S/C17H17NO2S/c1-11-3-4-12-10-16(21-15(12)9-11)17(19)18-13-5-7-14(20-2)8-6-13/h3-9,16H,10H2,1-2H3,(H,18,19). The number of hydrogen-bond donors (Lipinski definition) is 1. The first-order chi connectivity index (χ1) is 10.2. The van der Waals surface area contributed by atoms with Gasteiger partial charge in [0.2, 0.25) is 5.91 Å². The molecule has 1 atom stereocenters. The fourth-order valence-electron chi connectivity index (χ4n) is 2.38. The van der Waals surface area contributed by atoms with Gasteiger partial charge >= 0.3 is 0 Å². The summed E-state index contributed by atoms with van der Waals surface area (Å²) in [5.41, 5.74) is 3.30. The number of ether oxygens (including phenoxy) is 1. The molecule has 108 valence electrons. The van der Waals surface area contributed by atoms with Crippen molar-refractivity contribution in [1.82, 2.24) is 0 Å². The van der Waals surface area contributed by atoms with Gasteiger partial charge in [0.05, 0.1) is 12.4 Å². The van der Waals surface area contributed by atoms with Gasteiger partial charge in [-0.15, -0.1) is 11.8 Å². The Bertz CT molecular complexity index is 667. The van der Waals surface area contributed by atoms with Gasteiger partial charge < -0.3 is 10.1 Å². The number of amides is 1. The van der Waals surface area contributed by atoms with Crippen LogP contribution in [0.4, 0.5) is 5.69 Å². The van der Waals surface area contributed by atoms with E-state index in [1.807, 2.05) is 24.3 Å². The van der Waals surface area contributed by atoms with Crippen LogP contribution in [0.3, 0.4) is 0 Å². The van der Waals surface area contributed by atoms with Crippen LogP contribution >= 0.6 is 11.8 Å². The molecule has 0 saturated carbocycles. The van der Waals surface area contributed by atoms with Crippen LogP contribution in [0.15, 0.2) is 47.4 Å². The zero-order valence-electron chi connectivity index (χ0n) is 12.1. The number of fused-ring (bicyclic) bond motifs is 1. The van der Waals surface area contributed by atoms with Gasteiger partial charge in [-0.05, 0) is 49.2 Å². The minimum Gasteiger partial charge on any atom is -0.497 e. The second-order valence-corrected chi connectivity index (χ2v) is 6.38. The van der Waals surface area contributed by atoms with Gasteiger partial charge in [-0.3, -0.25) is 4.79 Å². The number of aryl methyl sites for hydroxylation is 1. The zero-order valence-corrected chi connectivity index (χ0v) is 12.9. The van der Waals surface area contributed by atoms with Crippen molar-refractivity contribution in [3.05, 3.63) is 53.6 Å². The molecule has 2 aromatic rings. The Kier molecular flexibility index (Phi) is 3.88. The first kappa shape index (κ1) is 14.0. The lowest BCUT2D eigenvalue weighted by Gasteiger charge is -2.10. The molecule has 0 spiro atoms. The zero-order chi connectivity index (χ0) is 14.8. The maximum atomic E-state index is 12.4. The van der Waals surface area contributed by atoms with Crippen LogP contribution in [0.25, 0.3) is 0 Å². The van der Waals surface area contributed by atoms with Crippen molar-refractivity contribution >= 4 is 23.4 Å². The normalized spacial score (nSPS) is 16.4. The maximum Gasteiger partial charge on any atom is 0.238 e. The molecule has 1 unspecified atom stereocenters. The molecule has 2 aromatic carbocycles. The Balaban J connectivity index is 1.67. The predicted molar refractivity (Wildman–Crippen MR) is 86.2 cm³/mol. The molecule has 0 saturated heterocycles. The fraction of sp³-hybridized carbons (Fsp3) is 0.235. The lowest BCUT2D eigenvalue weighted by molar-refractivity contribution is -0.115. The van der Waals surface area contributed by atoms with Crippen molar-refractivity contribution in [1.29, 1.82) is 0 Å². The smallest absolute Gasteiger partial charge is 0.238 e. The highest BCUT2D eigenvalue weighted by Gasteiger charge is 2.28. The molecule has 1 heterocycles. The largest absolute Gasteiger partial charge is 0.497 e. The van der Waals surface area contributed by atoms with E-state index in [1.54, 1.807) is 18.9 Å². The molecule has 1 aliphatic rings. The molecule has 0 radical (unpaired) electrons. The Morgan fingerprint density at radius 1 is 1.24 bits per heavy atom. The van der Waals surface area contributed by atoms with Crippen molar-refractivity contribution in [2.75, 3.05) is 12.4 Å². The molecule has 0 aromatic heterocycles. The number of carbonyl (C=O) groups is 1. The number of rotatable bonds is 3. The van der Waals surface area contributed by atoms with Crippen molar-refractivity contribution in [3.63, 3.8) is 0 Å².